The van der Waals surface area contributed by atoms with E-state index in [9.17, 15) is 5.11 Å². The highest BCUT2D eigenvalue weighted by molar-refractivity contribution is 5.85. The molecule has 0 atom stereocenters. The Balaban J connectivity index is 1.71. The molecule has 0 aromatic heterocycles. The lowest BCUT2D eigenvalue weighted by molar-refractivity contribution is 0.475. The molecule has 0 fully saturated rings. The molecule has 0 heterocycles. The third-order valence-electron chi connectivity index (χ3n) is 6.20. The van der Waals surface area contributed by atoms with E-state index in [1.54, 1.807) is 12.1 Å². The predicted octanol–water partition coefficient (Wildman–Crippen LogP) is 6.84. The Labute approximate surface area is 172 Å². The van der Waals surface area contributed by atoms with Crippen molar-refractivity contribution in [1.82, 2.24) is 0 Å². The van der Waals surface area contributed by atoms with Crippen LogP contribution in [-0.2, 0) is 12.8 Å². The van der Waals surface area contributed by atoms with Crippen molar-refractivity contribution < 1.29 is 5.11 Å². The summed E-state index contributed by atoms with van der Waals surface area (Å²) in [5.74, 6) is 0.303. The van der Waals surface area contributed by atoms with Gasteiger partial charge < -0.3 is 5.11 Å². The number of fused-ring (bicyclic) bond motifs is 3. The second-order valence-electron chi connectivity index (χ2n) is 8.10. The number of hydrogen-bond acceptors (Lipinski definition) is 1. The first kappa shape index (κ1) is 17.8. The van der Waals surface area contributed by atoms with Crippen LogP contribution in [0.3, 0.4) is 0 Å². The fourth-order valence-electron chi connectivity index (χ4n) is 4.54. The van der Waals surface area contributed by atoms with Gasteiger partial charge in [-0.25, -0.2) is 0 Å². The Kier molecular flexibility index (Phi) is 4.24. The molecule has 1 aliphatic rings. The zero-order valence-corrected chi connectivity index (χ0v) is 16.9. The normalized spacial score (nSPS) is 11.9. The molecule has 0 spiro atoms. The highest BCUT2D eigenvalue weighted by Crippen LogP contribution is 2.43. The summed E-state index contributed by atoms with van der Waals surface area (Å²) in [6.07, 6.45) is 1.92. The summed E-state index contributed by atoms with van der Waals surface area (Å²) in [6.45, 7) is 4.40. The standard InChI is InChI=1S/C28H24O/c1-18-7-9-20(10-8-18)15-25-19(2)26-16-22-5-3-4-6-24(22)28(26)17-27(25)21-11-13-23(29)14-12-21/h3-14,17,29H,15-16H2,1-2H3. The zero-order valence-electron chi connectivity index (χ0n) is 16.9. The van der Waals surface area contributed by atoms with Gasteiger partial charge in [-0.3, -0.25) is 0 Å². The van der Waals surface area contributed by atoms with Gasteiger partial charge in [0.2, 0.25) is 0 Å². The van der Waals surface area contributed by atoms with E-state index in [0.29, 0.717) is 5.75 Å². The zero-order chi connectivity index (χ0) is 20.0. The summed E-state index contributed by atoms with van der Waals surface area (Å²) in [5.41, 5.74) is 13.4. The molecule has 142 valence electrons. The van der Waals surface area contributed by atoms with Gasteiger partial charge in [0.25, 0.3) is 0 Å². The van der Waals surface area contributed by atoms with Crippen LogP contribution >= 0.6 is 0 Å². The molecule has 0 saturated carbocycles. The summed E-state index contributed by atoms with van der Waals surface area (Å²) >= 11 is 0. The van der Waals surface area contributed by atoms with E-state index >= 15 is 0 Å². The molecule has 0 saturated heterocycles. The highest BCUT2D eigenvalue weighted by atomic mass is 16.3. The van der Waals surface area contributed by atoms with E-state index in [2.05, 4.69) is 68.4 Å². The van der Waals surface area contributed by atoms with Crippen molar-refractivity contribution in [3.05, 3.63) is 112 Å². The monoisotopic (exact) mass is 376 g/mol. The van der Waals surface area contributed by atoms with Crippen LogP contribution in [0.1, 0.15) is 33.4 Å². The van der Waals surface area contributed by atoms with Gasteiger partial charge in [-0.15, -0.1) is 0 Å². The van der Waals surface area contributed by atoms with Crippen LogP contribution in [0.15, 0.2) is 78.9 Å². The fraction of sp³-hybridized carbons (Fsp3) is 0.143. The second-order valence-corrected chi connectivity index (χ2v) is 8.10. The lowest BCUT2D eigenvalue weighted by atomic mass is 9.86. The summed E-state index contributed by atoms with van der Waals surface area (Å²) in [5, 5.41) is 9.77. The van der Waals surface area contributed by atoms with E-state index in [1.807, 2.05) is 12.1 Å². The van der Waals surface area contributed by atoms with Gasteiger partial charge in [0.05, 0.1) is 0 Å². The molecule has 1 nitrogen and oxygen atoms in total. The van der Waals surface area contributed by atoms with E-state index < -0.39 is 0 Å². The maximum absolute atomic E-state index is 9.77. The Morgan fingerprint density at radius 1 is 0.759 bits per heavy atom. The average Bonchev–Trinajstić information content (AvgIpc) is 3.11. The number of hydrogen-bond donors (Lipinski definition) is 1. The van der Waals surface area contributed by atoms with Crippen LogP contribution < -0.4 is 0 Å². The van der Waals surface area contributed by atoms with Crippen molar-refractivity contribution in [3.8, 4) is 28.0 Å². The largest absolute Gasteiger partial charge is 0.508 e. The number of phenols is 1. The maximum atomic E-state index is 9.77. The SMILES string of the molecule is Cc1ccc(Cc2c(-c3ccc(O)cc3)cc3c(c2C)Cc2ccccc2-3)cc1. The Hall–Kier alpha value is -3.32. The molecule has 1 heteroatoms. The van der Waals surface area contributed by atoms with E-state index in [1.165, 1.54) is 50.1 Å². The average molecular weight is 376 g/mol. The van der Waals surface area contributed by atoms with Crippen molar-refractivity contribution >= 4 is 0 Å². The topological polar surface area (TPSA) is 20.2 Å². The number of rotatable bonds is 3. The molecular formula is C28H24O. The maximum Gasteiger partial charge on any atom is 0.115 e. The smallest absolute Gasteiger partial charge is 0.115 e. The van der Waals surface area contributed by atoms with Crippen molar-refractivity contribution in [1.29, 1.82) is 0 Å². The molecule has 1 N–H and O–H groups in total. The van der Waals surface area contributed by atoms with Crippen LogP contribution in [-0.4, -0.2) is 5.11 Å². The first-order valence-electron chi connectivity index (χ1n) is 10.2. The minimum Gasteiger partial charge on any atom is -0.508 e. The van der Waals surface area contributed by atoms with Crippen LogP contribution in [0.4, 0.5) is 0 Å². The molecule has 0 unspecified atom stereocenters. The molecule has 0 radical (unpaired) electrons. The molecule has 4 aromatic rings. The van der Waals surface area contributed by atoms with Gasteiger partial charge in [-0.05, 0) is 95.0 Å². The summed E-state index contributed by atoms with van der Waals surface area (Å²) in [7, 11) is 0. The number of benzene rings is 4. The van der Waals surface area contributed by atoms with Crippen molar-refractivity contribution in [3.63, 3.8) is 0 Å². The molecule has 0 amide bonds. The first-order chi connectivity index (χ1) is 14.1. The molecule has 5 rings (SSSR count). The first-order valence-corrected chi connectivity index (χ1v) is 10.2. The molecule has 4 aromatic carbocycles. The van der Waals surface area contributed by atoms with Crippen LogP contribution in [0.25, 0.3) is 22.3 Å². The Morgan fingerprint density at radius 2 is 1.48 bits per heavy atom. The van der Waals surface area contributed by atoms with Gasteiger partial charge >= 0.3 is 0 Å². The Bertz CT molecular complexity index is 1200. The number of phenolic OH excluding ortho intramolecular Hbond substituents is 1. The highest BCUT2D eigenvalue weighted by Gasteiger charge is 2.24. The fourth-order valence-corrected chi connectivity index (χ4v) is 4.54. The minimum absolute atomic E-state index is 0.303. The van der Waals surface area contributed by atoms with Gasteiger partial charge in [0.15, 0.2) is 0 Å². The minimum atomic E-state index is 0.303. The second kappa shape index (κ2) is 6.93. The third-order valence-corrected chi connectivity index (χ3v) is 6.20. The molecule has 29 heavy (non-hydrogen) atoms. The van der Waals surface area contributed by atoms with Gasteiger partial charge in [0.1, 0.15) is 5.75 Å². The van der Waals surface area contributed by atoms with Gasteiger partial charge in [-0.2, -0.15) is 0 Å². The van der Waals surface area contributed by atoms with Crippen molar-refractivity contribution in [2.24, 2.45) is 0 Å². The van der Waals surface area contributed by atoms with Gasteiger partial charge in [0, 0.05) is 0 Å². The lowest BCUT2D eigenvalue weighted by Crippen LogP contribution is -2.00. The van der Waals surface area contributed by atoms with E-state index in [0.717, 1.165) is 18.4 Å². The molecule has 1 aliphatic carbocycles. The number of aromatic hydroxyl groups is 1. The van der Waals surface area contributed by atoms with Crippen LogP contribution in [0.5, 0.6) is 5.75 Å². The summed E-state index contributed by atoms with van der Waals surface area (Å²) in [4.78, 5) is 0. The van der Waals surface area contributed by atoms with Crippen molar-refractivity contribution in [2.75, 3.05) is 0 Å². The molecule has 0 bridgehead atoms. The van der Waals surface area contributed by atoms with Gasteiger partial charge in [-0.1, -0.05) is 66.2 Å². The third kappa shape index (κ3) is 3.13. The van der Waals surface area contributed by atoms with Crippen molar-refractivity contribution in [2.45, 2.75) is 26.7 Å². The summed E-state index contributed by atoms with van der Waals surface area (Å²) in [6, 6.07) is 27.6. The predicted molar refractivity (Wildman–Crippen MR) is 121 cm³/mol. The number of aryl methyl sites for hydroxylation is 1. The quantitative estimate of drug-likeness (QED) is 0.365. The molecule has 0 aliphatic heterocycles. The Morgan fingerprint density at radius 3 is 2.24 bits per heavy atom. The lowest BCUT2D eigenvalue weighted by Gasteiger charge is -2.18. The van der Waals surface area contributed by atoms with E-state index in [4.69, 9.17) is 0 Å². The van der Waals surface area contributed by atoms with Crippen LogP contribution in [0, 0.1) is 13.8 Å². The van der Waals surface area contributed by atoms with E-state index in [-0.39, 0.29) is 0 Å². The molecular weight excluding hydrogens is 352 g/mol. The van der Waals surface area contributed by atoms with Crippen LogP contribution in [0.2, 0.25) is 0 Å². The summed E-state index contributed by atoms with van der Waals surface area (Å²) < 4.78 is 0.